The second kappa shape index (κ2) is 5.88. The van der Waals surface area contributed by atoms with Gasteiger partial charge in [0.2, 0.25) is 6.41 Å². The minimum absolute atomic E-state index is 0.0729. The van der Waals surface area contributed by atoms with E-state index >= 15 is 0 Å². The van der Waals surface area contributed by atoms with Crippen LogP contribution in [0.15, 0.2) is 24.4 Å². The fourth-order valence-electron chi connectivity index (χ4n) is 1.37. The molecule has 0 bridgehead atoms. The Labute approximate surface area is 97.8 Å². The number of hydroxylamine groups is 2. The smallest absolute Gasteiger partial charge is 0.324 e. The largest absolute Gasteiger partial charge is 0.334 e. The molecule has 1 aromatic rings. The summed E-state index contributed by atoms with van der Waals surface area (Å²) in [5.41, 5.74) is -0.890. The minimum atomic E-state index is -4.38. The van der Waals surface area contributed by atoms with Gasteiger partial charge in [0.15, 0.2) is 0 Å². The number of carbonyl (C=O) groups excluding carboxylic acids is 1. The lowest BCUT2D eigenvalue weighted by Gasteiger charge is -2.19. The molecule has 0 fully saturated rings. The molecule has 8 heteroatoms. The van der Waals surface area contributed by atoms with Crippen LogP contribution in [0.25, 0.3) is 0 Å². The highest BCUT2D eigenvalue weighted by Crippen LogP contribution is 2.52. The number of aromatic nitrogens is 1. The van der Waals surface area contributed by atoms with Crippen molar-refractivity contribution in [2.45, 2.75) is 12.1 Å². The minimum Gasteiger partial charge on any atom is -0.324 e. The van der Waals surface area contributed by atoms with Crippen LogP contribution in [-0.4, -0.2) is 38.0 Å². The van der Waals surface area contributed by atoms with Crippen LogP contribution in [0.4, 0.5) is 0 Å². The van der Waals surface area contributed by atoms with Crippen molar-refractivity contribution < 1.29 is 24.4 Å². The van der Waals surface area contributed by atoms with Gasteiger partial charge in [0.1, 0.15) is 5.66 Å². The van der Waals surface area contributed by atoms with E-state index in [1.54, 1.807) is 12.1 Å². The number of pyridine rings is 1. The summed E-state index contributed by atoms with van der Waals surface area (Å²) in [7, 11) is -4.38. The first-order valence-corrected chi connectivity index (χ1v) is 6.50. The topological polar surface area (TPSA) is 111 Å². The van der Waals surface area contributed by atoms with Crippen molar-refractivity contribution in [2.75, 3.05) is 6.54 Å². The summed E-state index contributed by atoms with van der Waals surface area (Å²) in [6, 6.07) is 4.73. The lowest BCUT2D eigenvalue weighted by atomic mass is 10.2. The van der Waals surface area contributed by atoms with Crippen molar-refractivity contribution in [1.82, 2.24) is 10.0 Å². The Kier molecular flexibility index (Phi) is 4.77. The van der Waals surface area contributed by atoms with Gasteiger partial charge in [-0.15, -0.1) is 0 Å². The first-order chi connectivity index (χ1) is 7.95. The maximum absolute atomic E-state index is 11.3. The molecule has 1 aromatic heterocycles. The van der Waals surface area contributed by atoms with Crippen LogP contribution < -0.4 is 0 Å². The van der Waals surface area contributed by atoms with Gasteiger partial charge >= 0.3 is 7.60 Å². The highest BCUT2D eigenvalue weighted by Gasteiger charge is 2.31. The van der Waals surface area contributed by atoms with E-state index in [1.165, 1.54) is 12.3 Å². The van der Waals surface area contributed by atoms with E-state index < -0.39 is 13.3 Å². The predicted octanol–water partition coefficient (Wildman–Crippen LogP) is 0.538. The molecule has 0 aliphatic rings. The molecule has 0 saturated carbocycles. The molecule has 17 heavy (non-hydrogen) atoms. The molecular formula is C9H13N2O5P. The molecule has 0 aliphatic heterocycles. The Morgan fingerprint density at radius 3 is 2.65 bits per heavy atom. The van der Waals surface area contributed by atoms with Crippen molar-refractivity contribution in [2.24, 2.45) is 0 Å². The molecule has 1 rings (SSSR count). The quantitative estimate of drug-likeness (QED) is 0.298. The van der Waals surface area contributed by atoms with E-state index in [0.717, 1.165) is 0 Å². The lowest BCUT2D eigenvalue weighted by Crippen LogP contribution is -2.20. The normalized spacial score (nSPS) is 13.1. The monoisotopic (exact) mass is 260 g/mol. The Hall–Kier alpha value is -1.27. The summed E-state index contributed by atoms with van der Waals surface area (Å²) in [5.74, 6) is 0. The van der Waals surface area contributed by atoms with E-state index in [-0.39, 0.29) is 25.1 Å². The van der Waals surface area contributed by atoms with Crippen molar-refractivity contribution in [1.29, 1.82) is 0 Å². The van der Waals surface area contributed by atoms with Crippen molar-refractivity contribution >= 4 is 14.0 Å². The third-order valence-corrected chi connectivity index (χ3v) is 3.52. The maximum atomic E-state index is 11.3. The van der Waals surface area contributed by atoms with Gasteiger partial charge in [-0.05, 0) is 18.6 Å². The van der Waals surface area contributed by atoms with Crippen molar-refractivity contribution in [3.63, 3.8) is 0 Å². The van der Waals surface area contributed by atoms with Crippen molar-refractivity contribution in [3.05, 3.63) is 30.1 Å². The zero-order valence-corrected chi connectivity index (χ0v) is 9.77. The summed E-state index contributed by atoms with van der Waals surface area (Å²) in [6.07, 6.45) is 1.53. The van der Waals surface area contributed by atoms with Crippen LogP contribution in [0.5, 0.6) is 0 Å². The molecule has 0 aliphatic carbocycles. The number of amides is 1. The van der Waals surface area contributed by atoms with Gasteiger partial charge in [0.25, 0.3) is 0 Å². The third kappa shape index (κ3) is 4.24. The fraction of sp³-hybridized carbons (Fsp3) is 0.333. The van der Waals surface area contributed by atoms with Crippen LogP contribution in [0, 0.1) is 0 Å². The Morgan fingerprint density at radius 2 is 2.18 bits per heavy atom. The molecule has 3 N–H and O–H groups in total. The number of rotatable bonds is 6. The Bertz CT molecular complexity index is 407. The van der Waals surface area contributed by atoms with Crippen LogP contribution in [0.3, 0.4) is 0 Å². The molecule has 1 atom stereocenters. The lowest BCUT2D eigenvalue weighted by molar-refractivity contribution is -0.149. The second-order valence-corrected chi connectivity index (χ2v) is 5.22. The van der Waals surface area contributed by atoms with E-state index in [1.807, 2.05) is 0 Å². The third-order valence-electron chi connectivity index (χ3n) is 2.19. The second-order valence-electron chi connectivity index (χ2n) is 3.42. The van der Waals surface area contributed by atoms with Gasteiger partial charge in [-0.3, -0.25) is 19.6 Å². The van der Waals surface area contributed by atoms with Gasteiger partial charge in [-0.25, -0.2) is 5.06 Å². The molecule has 1 unspecified atom stereocenters. The first kappa shape index (κ1) is 13.8. The zero-order chi connectivity index (χ0) is 12.9. The number of nitrogens with zero attached hydrogens (tertiary/aromatic N) is 2. The standard InChI is InChI=1S/C9H13N2O5P/c12-7-11(13)6-4-9(17(14,15)16)8-3-1-2-5-10-8/h1-3,5,7,9,13H,4,6H2,(H2,14,15,16). The molecule has 7 nitrogen and oxygen atoms in total. The van der Waals surface area contributed by atoms with Gasteiger partial charge in [-0.1, -0.05) is 6.07 Å². The van der Waals surface area contributed by atoms with Crippen LogP contribution in [0.2, 0.25) is 0 Å². The summed E-state index contributed by atoms with van der Waals surface area (Å²) in [4.78, 5) is 32.4. The zero-order valence-electron chi connectivity index (χ0n) is 8.88. The number of carbonyl (C=O) groups is 1. The van der Waals surface area contributed by atoms with Crippen LogP contribution in [-0.2, 0) is 9.36 Å². The highest BCUT2D eigenvalue weighted by molar-refractivity contribution is 7.52. The molecule has 0 radical (unpaired) electrons. The molecular weight excluding hydrogens is 247 g/mol. The molecule has 0 spiro atoms. The number of hydrogen-bond acceptors (Lipinski definition) is 4. The van der Waals surface area contributed by atoms with Crippen LogP contribution >= 0.6 is 7.60 Å². The SMILES string of the molecule is O=CN(O)CCC(c1ccccn1)P(=O)(O)O. The molecule has 1 heterocycles. The van der Waals surface area contributed by atoms with E-state index in [9.17, 15) is 19.1 Å². The number of hydrogen-bond donors (Lipinski definition) is 3. The average Bonchev–Trinajstić information content (AvgIpc) is 2.28. The first-order valence-electron chi connectivity index (χ1n) is 4.82. The fourth-order valence-corrected chi connectivity index (χ4v) is 2.32. The summed E-state index contributed by atoms with van der Waals surface area (Å²) in [6.45, 7) is -0.171. The molecule has 94 valence electrons. The molecule has 0 aromatic carbocycles. The summed E-state index contributed by atoms with van der Waals surface area (Å²) >= 11 is 0. The Balaban J connectivity index is 2.83. The molecule has 1 amide bonds. The summed E-state index contributed by atoms with van der Waals surface area (Å²) < 4.78 is 11.3. The summed E-state index contributed by atoms with van der Waals surface area (Å²) in [5, 5.41) is 9.25. The van der Waals surface area contributed by atoms with Gasteiger partial charge in [-0.2, -0.15) is 0 Å². The van der Waals surface area contributed by atoms with Gasteiger partial charge < -0.3 is 9.79 Å². The molecule has 0 saturated heterocycles. The van der Waals surface area contributed by atoms with Gasteiger partial charge in [0.05, 0.1) is 5.69 Å². The average molecular weight is 260 g/mol. The van der Waals surface area contributed by atoms with E-state index in [0.29, 0.717) is 5.06 Å². The van der Waals surface area contributed by atoms with Gasteiger partial charge in [0, 0.05) is 12.7 Å². The highest BCUT2D eigenvalue weighted by atomic mass is 31.2. The predicted molar refractivity (Wildman–Crippen MR) is 58.2 cm³/mol. The van der Waals surface area contributed by atoms with E-state index in [4.69, 9.17) is 5.21 Å². The van der Waals surface area contributed by atoms with Crippen LogP contribution in [0.1, 0.15) is 17.8 Å². The van der Waals surface area contributed by atoms with Crippen molar-refractivity contribution in [3.8, 4) is 0 Å². The Morgan fingerprint density at radius 1 is 1.47 bits per heavy atom. The maximum Gasteiger partial charge on any atom is 0.334 e. The van der Waals surface area contributed by atoms with E-state index in [2.05, 4.69) is 4.98 Å².